The number of benzene rings is 2. The van der Waals surface area contributed by atoms with Crippen LogP contribution in [0.1, 0.15) is 10.4 Å². The number of rotatable bonds is 2. The number of amides is 1. The van der Waals surface area contributed by atoms with Gasteiger partial charge in [-0.2, -0.15) is 0 Å². The third-order valence-electron chi connectivity index (χ3n) is 4.40. The van der Waals surface area contributed by atoms with E-state index in [2.05, 4.69) is 4.98 Å². The molecule has 2 aromatic carbocycles. The summed E-state index contributed by atoms with van der Waals surface area (Å²) in [6, 6.07) is 4.88. The van der Waals surface area contributed by atoms with Crippen molar-refractivity contribution in [3.05, 3.63) is 59.2 Å². The number of halogens is 4. The maximum absolute atomic E-state index is 13.8. The summed E-state index contributed by atoms with van der Waals surface area (Å²) >= 11 is 1.17. The second-order valence-electron chi connectivity index (χ2n) is 6.13. The van der Waals surface area contributed by atoms with Crippen LogP contribution in [0.15, 0.2) is 30.3 Å². The Labute approximate surface area is 155 Å². The van der Waals surface area contributed by atoms with Crippen molar-refractivity contribution in [1.29, 1.82) is 0 Å². The minimum Gasteiger partial charge on any atom is -0.345 e. The van der Waals surface area contributed by atoms with Gasteiger partial charge in [0.2, 0.25) is 0 Å². The summed E-state index contributed by atoms with van der Waals surface area (Å²) < 4.78 is 54.4. The van der Waals surface area contributed by atoms with E-state index in [-0.39, 0.29) is 11.1 Å². The monoisotopic (exact) mass is 395 g/mol. The van der Waals surface area contributed by atoms with Crippen LogP contribution in [-0.2, 0) is 0 Å². The molecule has 27 heavy (non-hydrogen) atoms. The molecule has 1 aromatic heterocycles. The van der Waals surface area contributed by atoms with Crippen molar-refractivity contribution in [2.24, 2.45) is 0 Å². The van der Waals surface area contributed by atoms with Crippen LogP contribution >= 0.6 is 11.3 Å². The van der Waals surface area contributed by atoms with E-state index < -0.39 is 29.2 Å². The van der Waals surface area contributed by atoms with Crippen molar-refractivity contribution >= 4 is 32.6 Å². The summed E-state index contributed by atoms with van der Waals surface area (Å²) in [5, 5.41) is 0.537. The molecule has 1 saturated heterocycles. The number of carbonyl (C=O) groups excluding carboxylic acids is 1. The van der Waals surface area contributed by atoms with E-state index in [0.717, 1.165) is 18.2 Å². The molecule has 3 aromatic rings. The smallest absolute Gasteiger partial charge is 0.256 e. The molecule has 0 spiro atoms. The summed E-state index contributed by atoms with van der Waals surface area (Å²) in [5.41, 5.74) is -0.0642. The van der Waals surface area contributed by atoms with E-state index in [1.807, 2.05) is 4.90 Å². The molecule has 0 saturated carbocycles. The molecule has 9 heteroatoms. The summed E-state index contributed by atoms with van der Waals surface area (Å²) in [7, 11) is 0. The minimum atomic E-state index is -0.897. The summed E-state index contributed by atoms with van der Waals surface area (Å²) in [6.07, 6.45) is 0. The molecule has 0 aliphatic carbocycles. The molecular weight excluding hydrogens is 382 g/mol. The van der Waals surface area contributed by atoms with Gasteiger partial charge < -0.3 is 9.80 Å². The Kier molecular flexibility index (Phi) is 4.47. The number of carbonyl (C=O) groups is 1. The van der Waals surface area contributed by atoms with Gasteiger partial charge in [0.15, 0.2) is 10.9 Å². The Balaban J connectivity index is 1.49. The molecule has 140 valence electrons. The van der Waals surface area contributed by atoms with Crippen LogP contribution < -0.4 is 4.90 Å². The Hall–Kier alpha value is -2.68. The van der Waals surface area contributed by atoms with Gasteiger partial charge >= 0.3 is 0 Å². The van der Waals surface area contributed by atoms with Crippen molar-refractivity contribution < 1.29 is 22.4 Å². The van der Waals surface area contributed by atoms with E-state index in [0.29, 0.717) is 42.1 Å². The second kappa shape index (κ2) is 6.80. The van der Waals surface area contributed by atoms with Crippen LogP contribution in [0.4, 0.5) is 22.7 Å². The highest BCUT2D eigenvalue weighted by Crippen LogP contribution is 2.31. The van der Waals surface area contributed by atoms with Crippen molar-refractivity contribution in [2.45, 2.75) is 0 Å². The maximum Gasteiger partial charge on any atom is 0.256 e. The molecule has 1 amide bonds. The molecule has 1 aliphatic rings. The first-order chi connectivity index (χ1) is 12.9. The molecule has 0 bridgehead atoms. The molecular formula is C18H13F4N3OS. The molecule has 0 unspecified atom stereocenters. The van der Waals surface area contributed by atoms with Crippen molar-refractivity contribution in [3.63, 3.8) is 0 Å². The average molecular weight is 395 g/mol. The Morgan fingerprint density at radius 1 is 0.926 bits per heavy atom. The number of nitrogens with zero attached hydrogens (tertiary/aromatic N) is 3. The highest BCUT2D eigenvalue weighted by Gasteiger charge is 2.26. The second-order valence-corrected chi connectivity index (χ2v) is 7.14. The SMILES string of the molecule is O=C(c1ccc(F)cc1F)N1CCN(c2nc3c(F)cc(F)cc3s2)CC1. The first kappa shape index (κ1) is 17.7. The standard InChI is InChI=1S/C18H13F4N3OS/c19-10-1-2-12(13(21)7-10)17(26)24-3-5-25(6-4-24)18-23-16-14(22)8-11(20)9-15(16)27-18/h1-2,7-9H,3-6H2. The summed E-state index contributed by atoms with van der Waals surface area (Å²) in [4.78, 5) is 20.0. The quantitative estimate of drug-likeness (QED) is 0.619. The molecule has 0 atom stereocenters. The van der Waals surface area contributed by atoms with Gasteiger partial charge in [-0.1, -0.05) is 11.3 Å². The Morgan fingerprint density at radius 2 is 1.63 bits per heavy atom. The fourth-order valence-corrected chi connectivity index (χ4v) is 4.07. The number of aromatic nitrogens is 1. The average Bonchev–Trinajstić information content (AvgIpc) is 3.06. The number of hydrogen-bond acceptors (Lipinski definition) is 4. The number of hydrogen-bond donors (Lipinski definition) is 0. The first-order valence-electron chi connectivity index (χ1n) is 8.17. The topological polar surface area (TPSA) is 36.4 Å². The van der Waals surface area contributed by atoms with Crippen LogP contribution in [0, 0.1) is 23.3 Å². The number of piperazine rings is 1. The third-order valence-corrected chi connectivity index (χ3v) is 5.46. The zero-order chi connectivity index (χ0) is 19.1. The molecule has 0 N–H and O–H groups in total. The molecule has 4 rings (SSSR count). The van der Waals surface area contributed by atoms with Gasteiger partial charge in [0.25, 0.3) is 5.91 Å². The van der Waals surface area contributed by atoms with Gasteiger partial charge in [-0.05, 0) is 18.2 Å². The minimum absolute atomic E-state index is 0.114. The fourth-order valence-electron chi connectivity index (χ4n) is 3.01. The van der Waals surface area contributed by atoms with E-state index in [9.17, 15) is 22.4 Å². The number of anilines is 1. The van der Waals surface area contributed by atoms with Gasteiger partial charge in [0.1, 0.15) is 23.0 Å². The van der Waals surface area contributed by atoms with Gasteiger partial charge in [-0.3, -0.25) is 4.79 Å². The molecule has 0 radical (unpaired) electrons. The fraction of sp³-hybridized carbons (Fsp3) is 0.222. The first-order valence-corrected chi connectivity index (χ1v) is 8.99. The summed E-state index contributed by atoms with van der Waals surface area (Å²) in [5.74, 6) is -3.52. The Bertz CT molecular complexity index is 1030. The van der Waals surface area contributed by atoms with E-state index in [1.165, 1.54) is 22.3 Å². The number of fused-ring (bicyclic) bond motifs is 1. The van der Waals surface area contributed by atoms with Crippen LogP contribution in [0.3, 0.4) is 0 Å². The highest BCUT2D eigenvalue weighted by atomic mass is 32.1. The molecule has 2 heterocycles. The van der Waals surface area contributed by atoms with Crippen LogP contribution in [0.5, 0.6) is 0 Å². The Morgan fingerprint density at radius 3 is 2.33 bits per heavy atom. The predicted octanol–water partition coefficient (Wildman–Crippen LogP) is 3.82. The lowest BCUT2D eigenvalue weighted by molar-refractivity contribution is 0.0742. The maximum atomic E-state index is 13.8. The summed E-state index contributed by atoms with van der Waals surface area (Å²) in [6.45, 7) is 1.45. The third kappa shape index (κ3) is 3.34. The van der Waals surface area contributed by atoms with Crippen LogP contribution in [-0.4, -0.2) is 42.0 Å². The zero-order valence-electron chi connectivity index (χ0n) is 13.9. The van der Waals surface area contributed by atoms with Crippen LogP contribution in [0.25, 0.3) is 10.2 Å². The lowest BCUT2D eigenvalue weighted by Gasteiger charge is -2.34. The lowest BCUT2D eigenvalue weighted by atomic mass is 10.1. The highest BCUT2D eigenvalue weighted by molar-refractivity contribution is 7.22. The normalized spacial score (nSPS) is 14.8. The van der Waals surface area contributed by atoms with Gasteiger partial charge in [-0.25, -0.2) is 22.5 Å². The zero-order valence-corrected chi connectivity index (χ0v) is 14.7. The molecule has 1 aliphatic heterocycles. The van der Waals surface area contributed by atoms with Gasteiger partial charge in [-0.15, -0.1) is 0 Å². The molecule has 4 nitrogen and oxygen atoms in total. The lowest BCUT2D eigenvalue weighted by Crippen LogP contribution is -2.49. The van der Waals surface area contributed by atoms with Gasteiger partial charge in [0, 0.05) is 38.3 Å². The van der Waals surface area contributed by atoms with Crippen molar-refractivity contribution in [1.82, 2.24) is 9.88 Å². The van der Waals surface area contributed by atoms with Crippen LogP contribution in [0.2, 0.25) is 0 Å². The van der Waals surface area contributed by atoms with E-state index in [4.69, 9.17) is 0 Å². The largest absolute Gasteiger partial charge is 0.345 e. The van der Waals surface area contributed by atoms with Crippen molar-refractivity contribution in [2.75, 3.05) is 31.1 Å². The molecule has 1 fully saturated rings. The van der Waals surface area contributed by atoms with E-state index >= 15 is 0 Å². The van der Waals surface area contributed by atoms with Crippen molar-refractivity contribution in [3.8, 4) is 0 Å². The van der Waals surface area contributed by atoms with Gasteiger partial charge in [0.05, 0.1) is 10.3 Å². The predicted molar refractivity (Wildman–Crippen MR) is 94.0 cm³/mol. The number of thiazole rings is 1. The van der Waals surface area contributed by atoms with E-state index in [1.54, 1.807) is 0 Å².